The molecule has 0 aromatic heterocycles. The molecule has 0 aliphatic carbocycles. The van der Waals surface area contributed by atoms with Crippen molar-refractivity contribution in [1.82, 2.24) is 10.6 Å². The van der Waals surface area contributed by atoms with Gasteiger partial charge in [-0.1, -0.05) is 23.7 Å². The van der Waals surface area contributed by atoms with Gasteiger partial charge in [0.25, 0.3) is 0 Å². The van der Waals surface area contributed by atoms with Crippen molar-refractivity contribution in [3.63, 3.8) is 0 Å². The molecule has 0 atom stereocenters. The number of benzene rings is 1. The summed E-state index contributed by atoms with van der Waals surface area (Å²) in [6.07, 6.45) is 0. The van der Waals surface area contributed by atoms with E-state index >= 15 is 0 Å². The molecule has 0 saturated carbocycles. The van der Waals surface area contributed by atoms with Crippen molar-refractivity contribution >= 4 is 11.6 Å². The van der Waals surface area contributed by atoms with E-state index in [0.29, 0.717) is 5.92 Å². The van der Waals surface area contributed by atoms with Gasteiger partial charge in [-0.2, -0.15) is 0 Å². The summed E-state index contributed by atoms with van der Waals surface area (Å²) in [4.78, 5) is 0. The lowest BCUT2D eigenvalue weighted by atomic mass is 9.99. The Morgan fingerprint density at radius 3 is 2.36 bits per heavy atom. The number of halogens is 1. The monoisotopic (exact) mass is 212 g/mol. The molecule has 1 aromatic rings. The zero-order valence-electron chi connectivity index (χ0n) is 8.68. The van der Waals surface area contributed by atoms with Crippen molar-refractivity contribution < 1.29 is 0 Å². The zero-order valence-corrected chi connectivity index (χ0v) is 9.43. The van der Waals surface area contributed by atoms with Crippen LogP contribution in [0.4, 0.5) is 0 Å². The highest BCUT2D eigenvalue weighted by Crippen LogP contribution is 2.18. The summed E-state index contributed by atoms with van der Waals surface area (Å²) in [5.74, 6) is 0.476. The molecule has 2 nitrogen and oxygen atoms in total. The molecule has 0 saturated heterocycles. The van der Waals surface area contributed by atoms with Crippen molar-refractivity contribution in [2.75, 3.05) is 27.2 Å². The second-order valence-corrected chi connectivity index (χ2v) is 3.80. The van der Waals surface area contributed by atoms with Gasteiger partial charge >= 0.3 is 0 Å². The summed E-state index contributed by atoms with van der Waals surface area (Å²) in [5.41, 5.74) is 1.28. The molecule has 0 radical (unpaired) electrons. The average Bonchev–Trinajstić information content (AvgIpc) is 2.17. The maximum atomic E-state index is 5.95. The smallest absolute Gasteiger partial charge is 0.0408 e. The van der Waals surface area contributed by atoms with Crippen LogP contribution < -0.4 is 10.6 Å². The van der Waals surface area contributed by atoms with E-state index in [1.807, 2.05) is 32.3 Å². The SMILES string of the molecule is CNCC(CNC)c1cccc(Cl)c1. The van der Waals surface area contributed by atoms with Gasteiger partial charge in [0.05, 0.1) is 0 Å². The first-order valence-corrected chi connectivity index (χ1v) is 5.20. The minimum absolute atomic E-state index is 0.476. The first kappa shape index (κ1) is 11.5. The van der Waals surface area contributed by atoms with Gasteiger partial charge in [0.2, 0.25) is 0 Å². The first-order valence-electron chi connectivity index (χ1n) is 4.82. The molecule has 1 aromatic carbocycles. The van der Waals surface area contributed by atoms with Crippen LogP contribution >= 0.6 is 11.6 Å². The predicted molar refractivity (Wildman–Crippen MR) is 62.0 cm³/mol. The number of hydrogen-bond donors (Lipinski definition) is 2. The Morgan fingerprint density at radius 2 is 1.86 bits per heavy atom. The van der Waals surface area contributed by atoms with Crippen molar-refractivity contribution in [2.24, 2.45) is 0 Å². The Balaban J connectivity index is 2.75. The molecule has 0 fully saturated rings. The van der Waals surface area contributed by atoms with Crippen LogP contribution in [-0.2, 0) is 0 Å². The summed E-state index contributed by atoms with van der Waals surface area (Å²) in [5, 5.41) is 7.18. The van der Waals surface area contributed by atoms with Crippen molar-refractivity contribution in [2.45, 2.75) is 5.92 Å². The number of likely N-dealkylation sites (N-methyl/N-ethyl adjacent to an activating group) is 2. The quantitative estimate of drug-likeness (QED) is 0.779. The predicted octanol–water partition coefficient (Wildman–Crippen LogP) is 1.86. The Bertz CT molecular complexity index is 270. The fourth-order valence-electron chi connectivity index (χ4n) is 1.56. The van der Waals surface area contributed by atoms with Gasteiger partial charge in [-0.3, -0.25) is 0 Å². The van der Waals surface area contributed by atoms with E-state index in [4.69, 9.17) is 11.6 Å². The summed E-state index contributed by atoms with van der Waals surface area (Å²) in [6, 6.07) is 8.04. The molecule has 14 heavy (non-hydrogen) atoms. The molecular weight excluding hydrogens is 196 g/mol. The molecule has 0 unspecified atom stereocenters. The largest absolute Gasteiger partial charge is 0.319 e. The van der Waals surface area contributed by atoms with Crippen LogP contribution in [0.25, 0.3) is 0 Å². The second-order valence-electron chi connectivity index (χ2n) is 3.37. The topological polar surface area (TPSA) is 24.1 Å². The van der Waals surface area contributed by atoms with E-state index in [2.05, 4.69) is 16.7 Å². The van der Waals surface area contributed by atoms with Gasteiger partial charge in [-0.15, -0.1) is 0 Å². The van der Waals surface area contributed by atoms with Gasteiger partial charge in [0.1, 0.15) is 0 Å². The zero-order chi connectivity index (χ0) is 10.4. The van der Waals surface area contributed by atoms with Gasteiger partial charge in [0.15, 0.2) is 0 Å². The van der Waals surface area contributed by atoms with Crippen molar-refractivity contribution in [1.29, 1.82) is 0 Å². The lowest BCUT2D eigenvalue weighted by molar-refractivity contribution is 0.590. The maximum Gasteiger partial charge on any atom is 0.0408 e. The van der Waals surface area contributed by atoms with Crippen LogP contribution in [0, 0.1) is 0 Å². The Hall–Kier alpha value is -0.570. The number of rotatable bonds is 5. The summed E-state index contributed by atoms with van der Waals surface area (Å²) in [7, 11) is 3.93. The van der Waals surface area contributed by atoms with E-state index < -0.39 is 0 Å². The lowest BCUT2D eigenvalue weighted by Crippen LogP contribution is -2.26. The summed E-state index contributed by atoms with van der Waals surface area (Å²) >= 11 is 5.95. The van der Waals surface area contributed by atoms with E-state index in [0.717, 1.165) is 18.1 Å². The van der Waals surface area contributed by atoms with E-state index in [1.165, 1.54) is 5.56 Å². The third-order valence-electron chi connectivity index (χ3n) is 2.22. The van der Waals surface area contributed by atoms with Crippen LogP contribution in [0.1, 0.15) is 11.5 Å². The lowest BCUT2D eigenvalue weighted by Gasteiger charge is -2.16. The summed E-state index contributed by atoms with van der Waals surface area (Å²) in [6.45, 7) is 1.92. The standard InChI is InChI=1S/C11H17ClN2/c1-13-7-10(8-14-2)9-4-3-5-11(12)6-9/h3-6,10,13-14H,7-8H2,1-2H3. The average molecular weight is 213 g/mol. The fourth-order valence-corrected chi connectivity index (χ4v) is 1.76. The maximum absolute atomic E-state index is 5.95. The minimum atomic E-state index is 0.476. The number of nitrogens with one attached hydrogen (secondary N) is 2. The van der Waals surface area contributed by atoms with Crippen LogP contribution in [0.5, 0.6) is 0 Å². The minimum Gasteiger partial charge on any atom is -0.319 e. The van der Waals surface area contributed by atoms with Gasteiger partial charge in [-0.05, 0) is 31.8 Å². The molecule has 0 bridgehead atoms. The molecule has 0 spiro atoms. The molecule has 2 N–H and O–H groups in total. The van der Waals surface area contributed by atoms with Crippen molar-refractivity contribution in [3.05, 3.63) is 34.9 Å². The van der Waals surface area contributed by atoms with Crippen molar-refractivity contribution in [3.8, 4) is 0 Å². The molecule has 0 amide bonds. The van der Waals surface area contributed by atoms with Crippen LogP contribution in [-0.4, -0.2) is 27.2 Å². The van der Waals surface area contributed by atoms with E-state index in [-0.39, 0.29) is 0 Å². The third kappa shape index (κ3) is 3.29. The highest BCUT2D eigenvalue weighted by Gasteiger charge is 2.09. The molecule has 0 aliphatic rings. The molecule has 0 aliphatic heterocycles. The molecule has 3 heteroatoms. The van der Waals surface area contributed by atoms with E-state index in [9.17, 15) is 0 Å². The normalized spacial score (nSPS) is 10.9. The first-order chi connectivity index (χ1) is 6.77. The molecule has 78 valence electrons. The Labute approximate surface area is 90.7 Å². The summed E-state index contributed by atoms with van der Waals surface area (Å²) < 4.78 is 0. The van der Waals surface area contributed by atoms with Crippen LogP contribution in [0.15, 0.2) is 24.3 Å². The highest BCUT2D eigenvalue weighted by molar-refractivity contribution is 6.30. The Morgan fingerprint density at radius 1 is 1.21 bits per heavy atom. The second kappa shape index (κ2) is 6.02. The molecule has 1 rings (SSSR count). The van der Waals surface area contributed by atoms with Gasteiger partial charge in [0, 0.05) is 24.0 Å². The van der Waals surface area contributed by atoms with Gasteiger partial charge < -0.3 is 10.6 Å². The Kier molecular flexibility index (Phi) is 4.94. The van der Waals surface area contributed by atoms with Crippen LogP contribution in [0.2, 0.25) is 5.02 Å². The van der Waals surface area contributed by atoms with E-state index in [1.54, 1.807) is 0 Å². The fraction of sp³-hybridized carbons (Fsp3) is 0.455. The third-order valence-corrected chi connectivity index (χ3v) is 2.46. The van der Waals surface area contributed by atoms with Crippen LogP contribution in [0.3, 0.4) is 0 Å². The molecule has 0 heterocycles. The highest BCUT2D eigenvalue weighted by atomic mass is 35.5. The molecular formula is C11H17ClN2. The van der Waals surface area contributed by atoms with Gasteiger partial charge in [-0.25, -0.2) is 0 Å². The number of hydrogen-bond acceptors (Lipinski definition) is 2.